The summed E-state index contributed by atoms with van der Waals surface area (Å²) in [4.78, 5) is 14.3. The molecule has 1 amide bonds. The van der Waals surface area contributed by atoms with E-state index in [1.54, 1.807) is 0 Å². The summed E-state index contributed by atoms with van der Waals surface area (Å²) in [6.07, 6.45) is -2.59. The summed E-state index contributed by atoms with van der Waals surface area (Å²) in [5.74, 6) is -0.582. The van der Waals surface area contributed by atoms with Gasteiger partial charge >= 0.3 is 6.36 Å². The average molecular weight is 316 g/mol. The third-order valence-corrected chi connectivity index (χ3v) is 3.83. The van der Waals surface area contributed by atoms with Crippen LogP contribution in [0, 0.1) is 6.92 Å². The minimum atomic E-state index is -4.73. The Morgan fingerprint density at radius 3 is 2.73 bits per heavy atom. The number of nitrogens with one attached hydrogen (secondary N) is 1. The van der Waals surface area contributed by atoms with E-state index in [2.05, 4.69) is 15.0 Å². The fourth-order valence-corrected chi connectivity index (χ4v) is 2.58. The molecule has 1 aliphatic rings. The Hall–Kier alpha value is -1.76. The van der Waals surface area contributed by atoms with Gasteiger partial charge in [-0.05, 0) is 57.1 Å². The van der Waals surface area contributed by atoms with Crippen molar-refractivity contribution in [1.82, 2.24) is 10.2 Å². The second-order valence-corrected chi connectivity index (χ2v) is 5.51. The summed E-state index contributed by atoms with van der Waals surface area (Å²) < 4.78 is 40.5. The molecule has 1 fully saturated rings. The summed E-state index contributed by atoms with van der Waals surface area (Å²) in [7, 11) is 2.01. The van der Waals surface area contributed by atoms with Gasteiger partial charge in [0.05, 0.1) is 0 Å². The van der Waals surface area contributed by atoms with E-state index < -0.39 is 6.36 Å². The molecule has 0 unspecified atom stereocenters. The van der Waals surface area contributed by atoms with Crippen LogP contribution in [0.15, 0.2) is 18.2 Å². The fourth-order valence-electron chi connectivity index (χ4n) is 2.58. The van der Waals surface area contributed by atoms with Gasteiger partial charge in [0, 0.05) is 18.2 Å². The molecule has 1 N–H and O–H groups in total. The minimum Gasteiger partial charge on any atom is -0.406 e. The van der Waals surface area contributed by atoms with Gasteiger partial charge in [-0.2, -0.15) is 0 Å². The van der Waals surface area contributed by atoms with Crippen molar-refractivity contribution in [2.24, 2.45) is 0 Å². The van der Waals surface area contributed by atoms with Crippen LogP contribution < -0.4 is 10.1 Å². The number of carbonyl (C=O) groups excluding carboxylic acids is 1. The maximum atomic E-state index is 12.2. The van der Waals surface area contributed by atoms with Crippen LogP contribution in [0.25, 0.3) is 0 Å². The summed E-state index contributed by atoms with van der Waals surface area (Å²) in [6, 6.07) is 4.22. The number of rotatable bonds is 4. The second kappa shape index (κ2) is 6.56. The normalized spacial score (nSPS) is 19.2. The number of benzene rings is 1. The highest BCUT2D eigenvalue weighted by atomic mass is 19.4. The Labute approximate surface area is 127 Å². The smallest absolute Gasteiger partial charge is 0.406 e. The number of hydrogen-bond donors (Lipinski definition) is 1. The highest BCUT2D eigenvalue weighted by Crippen LogP contribution is 2.26. The predicted molar refractivity (Wildman–Crippen MR) is 75.8 cm³/mol. The van der Waals surface area contributed by atoms with E-state index in [0.717, 1.165) is 19.4 Å². The third kappa shape index (κ3) is 4.37. The molecule has 1 aliphatic heterocycles. The zero-order valence-electron chi connectivity index (χ0n) is 12.5. The molecular weight excluding hydrogens is 297 g/mol. The monoisotopic (exact) mass is 316 g/mol. The van der Waals surface area contributed by atoms with E-state index in [-0.39, 0.29) is 17.2 Å². The topological polar surface area (TPSA) is 41.6 Å². The maximum Gasteiger partial charge on any atom is 0.573 e. The van der Waals surface area contributed by atoms with Crippen LogP contribution in [0.4, 0.5) is 13.2 Å². The molecule has 0 radical (unpaired) electrons. The van der Waals surface area contributed by atoms with E-state index in [0.29, 0.717) is 18.2 Å². The first kappa shape index (κ1) is 16.6. The lowest BCUT2D eigenvalue weighted by Crippen LogP contribution is -2.38. The van der Waals surface area contributed by atoms with Crippen LogP contribution >= 0.6 is 0 Å². The van der Waals surface area contributed by atoms with Crippen molar-refractivity contribution >= 4 is 5.91 Å². The first-order valence-corrected chi connectivity index (χ1v) is 7.11. The number of alkyl halides is 3. The number of likely N-dealkylation sites (N-methyl/N-ethyl adjacent to an activating group) is 1. The lowest BCUT2D eigenvalue weighted by Gasteiger charge is -2.19. The molecule has 0 saturated carbocycles. The van der Waals surface area contributed by atoms with Crippen molar-refractivity contribution < 1.29 is 22.7 Å². The van der Waals surface area contributed by atoms with Gasteiger partial charge < -0.3 is 15.0 Å². The molecule has 122 valence electrons. The van der Waals surface area contributed by atoms with Crippen LogP contribution in [0.5, 0.6) is 5.75 Å². The number of aryl methyl sites for hydroxylation is 1. The molecule has 0 aromatic heterocycles. The third-order valence-electron chi connectivity index (χ3n) is 3.83. The Bertz CT molecular complexity index is 546. The molecule has 1 atom stereocenters. The van der Waals surface area contributed by atoms with E-state index in [1.807, 2.05) is 7.05 Å². The molecule has 1 heterocycles. The van der Waals surface area contributed by atoms with Crippen LogP contribution in [0.1, 0.15) is 28.8 Å². The van der Waals surface area contributed by atoms with Gasteiger partial charge in [0.25, 0.3) is 5.91 Å². The second-order valence-electron chi connectivity index (χ2n) is 5.51. The minimum absolute atomic E-state index is 0.267. The number of carbonyl (C=O) groups is 1. The molecule has 1 aromatic carbocycles. The van der Waals surface area contributed by atoms with Crippen molar-refractivity contribution in [3.05, 3.63) is 29.3 Å². The molecule has 0 aliphatic carbocycles. The lowest BCUT2D eigenvalue weighted by atomic mass is 10.1. The van der Waals surface area contributed by atoms with E-state index >= 15 is 0 Å². The van der Waals surface area contributed by atoms with Gasteiger partial charge in [0.1, 0.15) is 5.75 Å². The lowest BCUT2D eigenvalue weighted by molar-refractivity contribution is -0.274. The van der Waals surface area contributed by atoms with Crippen molar-refractivity contribution in [1.29, 1.82) is 0 Å². The summed E-state index contributed by atoms with van der Waals surface area (Å²) in [5, 5.41) is 2.82. The van der Waals surface area contributed by atoms with Gasteiger partial charge in [-0.3, -0.25) is 4.79 Å². The van der Waals surface area contributed by atoms with Crippen LogP contribution in [0.3, 0.4) is 0 Å². The number of halogens is 3. The quantitative estimate of drug-likeness (QED) is 0.928. The predicted octanol–water partition coefficient (Wildman–Crippen LogP) is 2.72. The number of hydrogen-bond acceptors (Lipinski definition) is 3. The number of likely N-dealkylation sites (tertiary alicyclic amines) is 1. The van der Waals surface area contributed by atoms with Crippen molar-refractivity contribution in [3.63, 3.8) is 0 Å². The van der Waals surface area contributed by atoms with Crippen LogP contribution in [0.2, 0.25) is 0 Å². The van der Waals surface area contributed by atoms with Gasteiger partial charge in [-0.15, -0.1) is 13.2 Å². The fraction of sp³-hybridized carbons (Fsp3) is 0.533. The molecule has 1 saturated heterocycles. The number of nitrogens with zero attached hydrogens (tertiary/aromatic N) is 1. The largest absolute Gasteiger partial charge is 0.573 e. The molecule has 7 heteroatoms. The van der Waals surface area contributed by atoms with Gasteiger partial charge in [-0.25, -0.2) is 0 Å². The molecule has 1 aromatic rings. The molecule has 2 rings (SSSR count). The van der Waals surface area contributed by atoms with E-state index in [1.165, 1.54) is 25.1 Å². The summed E-state index contributed by atoms with van der Waals surface area (Å²) in [5.41, 5.74) is 0.593. The Morgan fingerprint density at radius 2 is 2.18 bits per heavy atom. The molecule has 4 nitrogen and oxygen atoms in total. The molecule has 0 bridgehead atoms. The van der Waals surface area contributed by atoms with Crippen molar-refractivity contribution in [2.75, 3.05) is 20.1 Å². The highest BCUT2D eigenvalue weighted by Gasteiger charge is 2.31. The first-order valence-electron chi connectivity index (χ1n) is 7.11. The zero-order valence-corrected chi connectivity index (χ0v) is 12.5. The SMILES string of the molecule is Cc1cc(C(=O)NC[C@H]2CCCN2C)ccc1OC(F)(F)F. The van der Waals surface area contributed by atoms with Gasteiger partial charge in [-0.1, -0.05) is 0 Å². The standard InChI is InChI=1S/C15H19F3N2O2/c1-10-8-11(5-6-13(10)22-15(16,17)18)14(21)19-9-12-4-3-7-20(12)2/h5-6,8,12H,3-4,7,9H2,1-2H3,(H,19,21)/t12-/m1/s1. The summed E-state index contributed by atoms with van der Waals surface area (Å²) >= 11 is 0. The van der Waals surface area contributed by atoms with Crippen molar-refractivity contribution in [3.8, 4) is 5.75 Å². The Morgan fingerprint density at radius 1 is 1.45 bits per heavy atom. The van der Waals surface area contributed by atoms with E-state index in [4.69, 9.17) is 0 Å². The Balaban J connectivity index is 1.97. The highest BCUT2D eigenvalue weighted by molar-refractivity contribution is 5.94. The van der Waals surface area contributed by atoms with E-state index in [9.17, 15) is 18.0 Å². The van der Waals surface area contributed by atoms with Gasteiger partial charge in [0.15, 0.2) is 0 Å². The first-order chi connectivity index (χ1) is 10.3. The molecular formula is C15H19F3N2O2. The number of amides is 1. The number of ether oxygens (including phenoxy) is 1. The molecule has 22 heavy (non-hydrogen) atoms. The van der Waals surface area contributed by atoms with Crippen LogP contribution in [-0.2, 0) is 0 Å². The van der Waals surface area contributed by atoms with Crippen molar-refractivity contribution in [2.45, 2.75) is 32.2 Å². The zero-order chi connectivity index (χ0) is 16.3. The summed E-state index contributed by atoms with van der Waals surface area (Å²) in [6.45, 7) is 3.03. The Kier molecular flexibility index (Phi) is 4.95. The van der Waals surface area contributed by atoms with Crippen LogP contribution in [-0.4, -0.2) is 43.3 Å². The maximum absolute atomic E-state index is 12.2. The van der Waals surface area contributed by atoms with Gasteiger partial charge in [0.2, 0.25) is 0 Å². The molecule has 0 spiro atoms. The average Bonchev–Trinajstić information content (AvgIpc) is 2.82.